The zero-order valence-corrected chi connectivity index (χ0v) is 12.4. The smallest absolute Gasteiger partial charge is 0.450 e. The Balaban J connectivity index is 1.86. The van der Waals surface area contributed by atoms with Crippen molar-refractivity contribution < 1.29 is 23.4 Å². The van der Waals surface area contributed by atoms with E-state index in [0.29, 0.717) is 30.7 Å². The van der Waals surface area contributed by atoms with Crippen molar-refractivity contribution in [3.05, 3.63) is 45.9 Å². The summed E-state index contributed by atoms with van der Waals surface area (Å²) in [4.78, 5) is 26.8. The molecule has 0 spiro atoms. The van der Waals surface area contributed by atoms with E-state index in [9.17, 15) is 18.4 Å². The van der Waals surface area contributed by atoms with Crippen molar-refractivity contribution in [3.63, 3.8) is 0 Å². The van der Waals surface area contributed by atoms with E-state index >= 15 is 0 Å². The molecule has 2 aromatic heterocycles. The second kappa shape index (κ2) is 6.38. The summed E-state index contributed by atoms with van der Waals surface area (Å²) in [5.74, 6) is 0.439. The number of rotatable bonds is 4. The number of carboxylic acid groups (broad SMARTS) is 1. The summed E-state index contributed by atoms with van der Waals surface area (Å²) < 4.78 is 32.1. The molecule has 3 rings (SSSR count). The Hall–Kier alpha value is -2.78. The third kappa shape index (κ3) is 3.12. The molecule has 0 fully saturated rings. The summed E-state index contributed by atoms with van der Waals surface area (Å²) in [5, 5.41) is 12.9. The van der Waals surface area contributed by atoms with Gasteiger partial charge < -0.3 is 9.84 Å². The molecule has 1 N–H and O–H groups in total. The fraction of sp³-hybridized carbons (Fsp3) is 0.429. The highest BCUT2D eigenvalue weighted by molar-refractivity contribution is 5.56. The van der Waals surface area contributed by atoms with Gasteiger partial charge in [-0.3, -0.25) is 4.98 Å². The van der Waals surface area contributed by atoms with Crippen molar-refractivity contribution in [1.29, 1.82) is 0 Å². The maximum absolute atomic E-state index is 12.5. The van der Waals surface area contributed by atoms with E-state index < -0.39 is 24.5 Å². The maximum atomic E-state index is 12.5. The summed E-state index contributed by atoms with van der Waals surface area (Å²) in [6.45, 7) is 0.0507. The SMILES string of the molecule is O=C(O)O[C@H]1CCCc2nn(Cc3ccc(C(F)F)nc3)c(=O)n21. The van der Waals surface area contributed by atoms with Gasteiger partial charge in [-0.25, -0.2) is 27.6 Å². The van der Waals surface area contributed by atoms with Crippen molar-refractivity contribution in [2.45, 2.75) is 38.5 Å². The van der Waals surface area contributed by atoms with Crippen molar-refractivity contribution in [2.75, 3.05) is 0 Å². The number of hydrogen-bond donors (Lipinski definition) is 1. The molecule has 0 saturated carbocycles. The number of carbonyl (C=O) groups is 1. The van der Waals surface area contributed by atoms with Crippen LogP contribution in [0.1, 0.15) is 42.6 Å². The van der Waals surface area contributed by atoms with Gasteiger partial charge in [0.1, 0.15) is 11.5 Å². The van der Waals surface area contributed by atoms with Gasteiger partial charge in [0.05, 0.1) is 6.54 Å². The van der Waals surface area contributed by atoms with Crippen LogP contribution in [0.4, 0.5) is 13.6 Å². The standard InChI is InChI=1S/C14H14F2N4O4/c15-12(16)9-5-4-8(6-17-9)7-19-13(21)20-10(18-19)2-1-3-11(20)24-14(22)23/h4-6,11-12H,1-3,7H2,(H,22,23)/t11-/m0/s1. The molecular formula is C14H14F2N4O4. The fourth-order valence-corrected chi connectivity index (χ4v) is 2.65. The molecule has 1 aliphatic rings. The van der Waals surface area contributed by atoms with E-state index in [-0.39, 0.29) is 12.2 Å². The molecule has 128 valence electrons. The second-order valence-corrected chi connectivity index (χ2v) is 5.35. The van der Waals surface area contributed by atoms with Gasteiger partial charge in [0, 0.05) is 19.0 Å². The average molecular weight is 340 g/mol. The molecule has 0 bridgehead atoms. The lowest BCUT2D eigenvalue weighted by Gasteiger charge is -2.21. The Morgan fingerprint density at radius 2 is 2.25 bits per heavy atom. The van der Waals surface area contributed by atoms with E-state index in [0.717, 1.165) is 4.68 Å². The quantitative estimate of drug-likeness (QED) is 0.854. The van der Waals surface area contributed by atoms with Gasteiger partial charge in [0.15, 0.2) is 6.23 Å². The molecule has 0 radical (unpaired) electrons. The summed E-state index contributed by atoms with van der Waals surface area (Å²) in [5.41, 5.74) is -0.313. The van der Waals surface area contributed by atoms with E-state index in [4.69, 9.17) is 9.84 Å². The molecule has 0 saturated heterocycles. The molecule has 0 amide bonds. The van der Waals surface area contributed by atoms with E-state index in [1.807, 2.05) is 0 Å². The minimum atomic E-state index is -2.66. The van der Waals surface area contributed by atoms with E-state index in [2.05, 4.69) is 10.1 Å². The number of hydrogen-bond acceptors (Lipinski definition) is 5. The topological polar surface area (TPSA) is 99.2 Å². The Labute approximate surface area is 134 Å². The molecule has 10 heteroatoms. The highest BCUT2D eigenvalue weighted by Crippen LogP contribution is 2.23. The molecule has 1 atom stereocenters. The van der Waals surface area contributed by atoms with Gasteiger partial charge in [0.25, 0.3) is 6.43 Å². The van der Waals surface area contributed by atoms with Crippen LogP contribution in [0, 0.1) is 0 Å². The van der Waals surface area contributed by atoms with Crippen molar-refractivity contribution in [1.82, 2.24) is 19.3 Å². The Morgan fingerprint density at radius 3 is 2.88 bits per heavy atom. The first-order valence-electron chi connectivity index (χ1n) is 7.26. The third-order valence-electron chi connectivity index (χ3n) is 3.72. The summed E-state index contributed by atoms with van der Waals surface area (Å²) in [6, 6.07) is 2.64. The average Bonchev–Trinajstić information content (AvgIpc) is 2.84. The highest BCUT2D eigenvalue weighted by atomic mass is 19.3. The summed E-state index contributed by atoms with van der Waals surface area (Å²) in [6.07, 6.45) is -2.17. The lowest BCUT2D eigenvalue weighted by atomic mass is 10.1. The van der Waals surface area contributed by atoms with Gasteiger partial charge in [-0.05, 0) is 18.1 Å². The Bertz CT molecular complexity index is 800. The van der Waals surface area contributed by atoms with Crippen LogP contribution in [0.5, 0.6) is 0 Å². The zero-order valence-electron chi connectivity index (χ0n) is 12.4. The zero-order chi connectivity index (χ0) is 17.3. The summed E-state index contributed by atoms with van der Waals surface area (Å²) >= 11 is 0. The van der Waals surface area contributed by atoms with E-state index in [1.165, 1.54) is 22.9 Å². The monoisotopic (exact) mass is 340 g/mol. The van der Waals surface area contributed by atoms with Crippen molar-refractivity contribution in [2.24, 2.45) is 0 Å². The molecule has 0 unspecified atom stereocenters. The second-order valence-electron chi connectivity index (χ2n) is 5.35. The van der Waals surface area contributed by atoms with Gasteiger partial charge in [-0.1, -0.05) is 6.07 Å². The van der Waals surface area contributed by atoms with Crippen molar-refractivity contribution >= 4 is 6.16 Å². The number of nitrogens with zero attached hydrogens (tertiary/aromatic N) is 4. The minimum Gasteiger partial charge on any atom is -0.450 e. The Kier molecular flexibility index (Phi) is 4.28. The maximum Gasteiger partial charge on any atom is 0.507 e. The predicted molar refractivity (Wildman–Crippen MR) is 75.9 cm³/mol. The fourth-order valence-electron chi connectivity index (χ4n) is 2.65. The number of aryl methyl sites for hydroxylation is 1. The normalized spacial score (nSPS) is 16.9. The van der Waals surface area contributed by atoms with Gasteiger partial charge >= 0.3 is 11.8 Å². The molecule has 2 aromatic rings. The lowest BCUT2D eigenvalue weighted by Crippen LogP contribution is -2.33. The van der Waals surface area contributed by atoms with Gasteiger partial charge in [-0.2, -0.15) is 5.10 Å². The third-order valence-corrected chi connectivity index (χ3v) is 3.72. The number of pyridine rings is 1. The number of halogens is 2. The molecule has 0 aliphatic carbocycles. The first kappa shape index (κ1) is 16.1. The molecule has 1 aliphatic heterocycles. The van der Waals surface area contributed by atoms with Gasteiger partial charge in [-0.15, -0.1) is 0 Å². The highest BCUT2D eigenvalue weighted by Gasteiger charge is 2.28. The van der Waals surface area contributed by atoms with Crippen LogP contribution in [-0.2, 0) is 17.7 Å². The predicted octanol–water partition coefficient (Wildman–Crippen LogP) is 1.96. The van der Waals surface area contributed by atoms with Crippen LogP contribution < -0.4 is 5.69 Å². The molecular weight excluding hydrogens is 326 g/mol. The number of ether oxygens (including phenoxy) is 1. The van der Waals surface area contributed by atoms with E-state index in [1.54, 1.807) is 0 Å². The number of alkyl halides is 2. The first-order valence-corrected chi connectivity index (χ1v) is 7.26. The lowest BCUT2D eigenvalue weighted by molar-refractivity contribution is 0.00392. The van der Waals surface area contributed by atoms with Crippen LogP contribution >= 0.6 is 0 Å². The molecule has 3 heterocycles. The van der Waals surface area contributed by atoms with Crippen LogP contribution in [0.15, 0.2) is 23.1 Å². The largest absolute Gasteiger partial charge is 0.507 e. The van der Waals surface area contributed by atoms with Crippen LogP contribution in [-0.4, -0.2) is 30.6 Å². The molecule has 0 aromatic carbocycles. The van der Waals surface area contributed by atoms with Gasteiger partial charge in [0.2, 0.25) is 0 Å². The van der Waals surface area contributed by atoms with Crippen molar-refractivity contribution in [3.8, 4) is 0 Å². The Morgan fingerprint density at radius 1 is 1.46 bits per heavy atom. The minimum absolute atomic E-state index is 0.0507. The van der Waals surface area contributed by atoms with Crippen LogP contribution in [0.25, 0.3) is 0 Å². The van der Waals surface area contributed by atoms with Crippen LogP contribution in [0.3, 0.4) is 0 Å². The molecule has 8 nitrogen and oxygen atoms in total. The number of aromatic nitrogens is 4. The number of fused-ring (bicyclic) bond motifs is 1. The summed E-state index contributed by atoms with van der Waals surface area (Å²) in [7, 11) is 0. The first-order chi connectivity index (χ1) is 11.5. The molecule has 24 heavy (non-hydrogen) atoms. The van der Waals surface area contributed by atoms with Crippen LogP contribution in [0.2, 0.25) is 0 Å².